The van der Waals surface area contributed by atoms with E-state index in [2.05, 4.69) is 40.9 Å². The molecule has 1 aromatic carbocycles. The highest BCUT2D eigenvalue weighted by Crippen LogP contribution is 2.18. The van der Waals surface area contributed by atoms with Crippen LogP contribution in [-0.4, -0.2) is 0 Å². The fourth-order valence-corrected chi connectivity index (χ4v) is 2.26. The maximum absolute atomic E-state index is 5.96. The molecule has 0 bridgehead atoms. The Kier molecular flexibility index (Phi) is 4.48. The average Bonchev–Trinajstić information content (AvgIpc) is 2.72. The highest BCUT2D eigenvalue weighted by molar-refractivity contribution is 14.1. The van der Waals surface area contributed by atoms with Crippen molar-refractivity contribution in [1.29, 1.82) is 0 Å². The third kappa shape index (κ3) is 3.72. The molecule has 1 atom stereocenters. The summed E-state index contributed by atoms with van der Waals surface area (Å²) < 4.78 is 6.40. The van der Waals surface area contributed by atoms with E-state index in [0.29, 0.717) is 0 Å². The second-order valence-corrected chi connectivity index (χ2v) is 5.36. The van der Waals surface area contributed by atoms with Gasteiger partial charge in [0.05, 0.1) is 6.54 Å². The van der Waals surface area contributed by atoms with Gasteiger partial charge in [0.15, 0.2) is 3.77 Å². The summed E-state index contributed by atoms with van der Waals surface area (Å²) in [6.45, 7) is 2.83. The third-order valence-corrected chi connectivity index (χ3v) is 3.37. The summed E-state index contributed by atoms with van der Waals surface area (Å²) in [4.78, 5) is 0. The van der Waals surface area contributed by atoms with Gasteiger partial charge in [-0.1, -0.05) is 23.7 Å². The standard InChI is InChI=1S/C13H13ClINO/c1-9(10-3-2-4-11(14)7-10)16-8-12-5-6-13(15)17-12/h2-7,9,16H,8H2,1H3/t9-/m0/s1. The molecular weight excluding hydrogens is 349 g/mol. The van der Waals surface area contributed by atoms with Gasteiger partial charge in [0.1, 0.15) is 5.76 Å². The van der Waals surface area contributed by atoms with Gasteiger partial charge in [0, 0.05) is 11.1 Å². The van der Waals surface area contributed by atoms with E-state index in [4.69, 9.17) is 16.0 Å². The van der Waals surface area contributed by atoms with Crippen molar-refractivity contribution in [3.05, 3.63) is 56.5 Å². The van der Waals surface area contributed by atoms with Gasteiger partial charge in [0.25, 0.3) is 0 Å². The lowest BCUT2D eigenvalue weighted by Crippen LogP contribution is -2.17. The lowest BCUT2D eigenvalue weighted by atomic mass is 10.1. The van der Waals surface area contributed by atoms with Gasteiger partial charge in [-0.15, -0.1) is 0 Å². The molecule has 4 heteroatoms. The van der Waals surface area contributed by atoms with Crippen LogP contribution in [0.4, 0.5) is 0 Å². The van der Waals surface area contributed by atoms with Gasteiger partial charge in [-0.05, 0) is 59.3 Å². The van der Waals surface area contributed by atoms with Crippen molar-refractivity contribution in [2.75, 3.05) is 0 Å². The van der Waals surface area contributed by atoms with Crippen molar-refractivity contribution >= 4 is 34.2 Å². The monoisotopic (exact) mass is 361 g/mol. The Balaban J connectivity index is 1.95. The predicted octanol–water partition coefficient (Wildman–Crippen LogP) is 4.39. The summed E-state index contributed by atoms with van der Waals surface area (Å²) in [6.07, 6.45) is 0. The maximum Gasteiger partial charge on any atom is 0.164 e. The molecule has 17 heavy (non-hydrogen) atoms. The minimum absolute atomic E-state index is 0.247. The molecule has 0 amide bonds. The molecule has 0 saturated heterocycles. The van der Waals surface area contributed by atoms with Crippen molar-refractivity contribution in [2.24, 2.45) is 0 Å². The topological polar surface area (TPSA) is 25.2 Å². The molecular formula is C13H13ClINO. The van der Waals surface area contributed by atoms with Crippen LogP contribution in [0.5, 0.6) is 0 Å². The Hall–Kier alpha value is -0.520. The van der Waals surface area contributed by atoms with Crippen LogP contribution in [0.25, 0.3) is 0 Å². The van der Waals surface area contributed by atoms with Gasteiger partial charge in [-0.2, -0.15) is 0 Å². The van der Waals surface area contributed by atoms with Crippen LogP contribution in [0.15, 0.2) is 40.8 Å². The second-order valence-electron chi connectivity index (χ2n) is 3.86. The average molecular weight is 362 g/mol. The van der Waals surface area contributed by atoms with Crippen LogP contribution in [0.2, 0.25) is 5.02 Å². The quantitative estimate of drug-likeness (QED) is 0.817. The Morgan fingerprint density at radius 1 is 1.35 bits per heavy atom. The number of rotatable bonds is 4. The first-order valence-corrected chi connectivity index (χ1v) is 6.84. The lowest BCUT2D eigenvalue weighted by Gasteiger charge is -2.13. The van der Waals surface area contributed by atoms with E-state index in [1.165, 1.54) is 5.56 Å². The van der Waals surface area contributed by atoms with E-state index in [-0.39, 0.29) is 6.04 Å². The Bertz CT molecular complexity index is 498. The number of nitrogens with one attached hydrogen (secondary N) is 1. The molecule has 0 spiro atoms. The SMILES string of the molecule is C[C@H](NCc1ccc(I)o1)c1cccc(Cl)c1. The Labute approximate surface area is 119 Å². The van der Waals surface area contributed by atoms with Gasteiger partial charge in [0.2, 0.25) is 0 Å². The number of halogens is 2. The van der Waals surface area contributed by atoms with E-state index in [1.54, 1.807) is 0 Å². The van der Waals surface area contributed by atoms with Crippen molar-refractivity contribution in [3.8, 4) is 0 Å². The molecule has 1 N–H and O–H groups in total. The molecule has 2 nitrogen and oxygen atoms in total. The first-order chi connectivity index (χ1) is 8.15. The predicted molar refractivity (Wildman–Crippen MR) is 78.1 cm³/mol. The van der Waals surface area contributed by atoms with Gasteiger partial charge in [-0.3, -0.25) is 0 Å². The van der Waals surface area contributed by atoms with Crippen LogP contribution in [0, 0.1) is 3.77 Å². The lowest BCUT2D eigenvalue weighted by molar-refractivity contribution is 0.445. The first-order valence-electron chi connectivity index (χ1n) is 5.38. The summed E-state index contributed by atoms with van der Waals surface area (Å²) >= 11 is 8.12. The molecule has 90 valence electrons. The molecule has 0 radical (unpaired) electrons. The number of hydrogen-bond acceptors (Lipinski definition) is 2. The van der Waals surface area contributed by atoms with E-state index in [1.807, 2.05) is 30.3 Å². The molecule has 0 aliphatic rings. The smallest absolute Gasteiger partial charge is 0.164 e. The third-order valence-electron chi connectivity index (χ3n) is 2.56. The summed E-state index contributed by atoms with van der Waals surface area (Å²) in [5, 5.41) is 4.17. The highest BCUT2D eigenvalue weighted by atomic mass is 127. The summed E-state index contributed by atoms with van der Waals surface area (Å²) in [5.74, 6) is 0.947. The molecule has 0 aliphatic carbocycles. The van der Waals surface area contributed by atoms with E-state index >= 15 is 0 Å². The molecule has 1 aromatic heterocycles. The molecule has 0 saturated carbocycles. The minimum atomic E-state index is 0.247. The first kappa shape index (κ1) is 12.9. The maximum atomic E-state index is 5.96. The number of furan rings is 1. The summed E-state index contributed by atoms with van der Waals surface area (Å²) in [5.41, 5.74) is 1.18. The van der Waals surface area contributed by atoms with E-state index < -0.39 is 0 Å². The number of hydrogen-bond donors (Lipinski definition) is 1. The highest BCUT2D eigenvalue weighted by Gasteiger charge is 2.06. The molecule has 0 unspecified atom stereocenters. The molecule has 2 rings (SSSR count). The van der Waals surface area contributed by atoms with Crippen LogP contribution >= 0.6 is 34.2 Å². The van der Waals surface area contributed by atoms with Crippen molar-refractivity contribution in [3.63, 3.8) is 0 Å². The largest absolute Gasteiger partial charge is 0.454 e. The fraction of sp³-hybridized carbons (Fsp3) is 0.231. The minimum Gasteiger partial charge on any atom is -0.454 e. The summed E-state index contributed by atoms with van der Waals surface area (Å²) in [7, 11) is 0. The summed E-state index contributed by atoms with van der Waals surface area (Å²) in [6, 6.07) is 12.1. The Morgan fingerprint density at radius 3 is 2.82 bits per heavy atom. The van der Waals surface area contributed by atoms with Gasteiger partial charge in [-0.25, -0.2) is 0 Å². The van der Waals surface area contributed by atoms with E-state index in [9.17, 15) is 0 Å². The number of benzene rings is 1. The van der Waals surface area contributed by atoms with Crippen LogP contribution < -0.4 is 5.32 Å². The van der Waals surface area contributed by atoms with Crippen LogP contribution in [0.3, 0.4) is 0 Å². The van der Waals surface area contributed by atoms with Gasteiger partial charge >= 0.3 is 0 Å². The molecule has 1 heterocycles. The van der Waals surface area contributed by atoms with Crippen LogP contribution in [0.1, 0.15) is 24.3 Å². The fourth-order valence-electron chi connectivity index (χ4n) is 1.59. The van der Waals surface area contributed by atoms with Crippen molar-refractivity contribution < 1.29 is 4.42 Å². The van der Waals surface area contributed by atoms with Gasteiger partial charge < -0.3 is 9.73 Å². The normalized spacial score (nSPS) is 12.6. The molecule has 2 aromatic rings. The second kappa shape index (κ2) is 5.89. The zero-order chi connectivity index (χ0) is 12.3. The Morgan fingerprint density at radius 2 is 2.18 bits per heavy atom. The van der Waals surface area contributed by atoms with Crippen molar-refractivity contribution in [1.82, 2.24) is 5.32 Å². The zero-order valence-corrected chi connectivity index (χ0v) is 12.3. The van der Waals surface area contributed by atoms with Crippen molar-refractivity contribution in [2.45, 2.75) is 19.5 Å². The van der Waals surface area contributed by atoms with Crippen LogP contribution in [-0.2, 0) is 6.54 Å². The zero-order valence-electron chi connectivity index (χ0n) is 9.41. The molecule has 0 fully saturated rings. The van der Waals surface area contributed by atoms with E-state index in [0.717, 1.165) is 21.1 Å². The molecule has 0 aliphatic heterocycles.